The largest absolute Gasteiger partial charge is 0.507 e. The van der Waals surface area contributed by atoms with Crippen LogP contribution in [-0.2, 0) is 32.5 Å². The van der Waals surface area contributed by atoms with E-state index in [-0.39, 0.29) is 32.5 Å². The molecule has 0 aliphatic carbocycles. The number of ether oxygens (including phenoxy) is 2. The maximum atomic E-state index is 11.3. The second-order valence-electron chi connectivity index (χ2n) is 19.3. The number of hydrogen-bond acceptors (Lipinski definition) is 4. The summed E-state index contributed by atoms with van der Waals surface area (Å²) < 4.78 is 13.7. The van der Waals surface area contributed by atoms with Gasteiger partial charge in [-0.3, -0.25) is 0 Å². The van der Waals surface area contributed by atoms with E-state index >= 15 is 0 Å². The van der Waals surface area contributed by atoms with E-state index in [9.17, 15) is 10.2 Å². The van der Waals surface area contributed by atoms with Crippen molar-refractivity contribution in [2.45, 2.75) is 157 Å². The van der Waals surface area contributed by atoms with Crippen LogP contribution in [0.2, 0.25) is 0 Å². The molecule has 4 heteroatoms. The molecule has 0 unspecified atom stereocenters. The second kappa shape index (κ2) is 11.8. The van der Waals surface area contributed by atoms with E-state index in [0.717, 1.165) is 44.9 Å². The maximum Gasteiger partial charge on any atom is 0.131 e. The summed E-state index contributed by atoms with van der Waals surface area (Å²) >= 11 is 0. The molecule has 0 atom stereocenters. The van der Waals surface area contributed by atoms with Crippen LogP contribution in [0.5, 0.6) is 34.5 Å². The molecule has 0 fully saturated rings. The topological polar surface area (TPSA) is 58.9 Å². The van der Waals surface area contributed by atoms with Crippen LogP contribution in [0.3, 0.4) is 0 Å². The minimum atomic E-state index is -0.271. The number of phenols is 2. The van der Waals surface area contributed by atoms with E-state index in [2.05, 4.69) is 137 Å². The number of benzene rings is 3. The summed E-state index contributed by atoms with van der Waals surface area (Å²) in [6.45, 7) is 38.5. The van der Waals surface area contributed by atoms with E-state index in [0.29, 0.717) is 23.0 Å². The highest BCUT2D eigenvalue weighted by Gasteiger charge is 2.32. The van der Waals surface area contributed by atoms with Crippen LogP contribution in [0, 0.1) is 0 Å². The van der Waals surface area contributed by atoms with Gasteiger partial charge in [-0.25, -0.2) is 0 Å². The molecule has 2 N–H and O–H groups in total. The Morgan fingerprint density at radius 3 is 0.696 bits per heavy atom. The molecule has 0 amide bonds. The standard InChI is InChI=1S/C42H62O4/c1-37(2,3)27-23-34(46-26-21-31(41(13,14)15)36(44)32(22-26)42(16,17)18)28(38(4,5)6)24-33(27)45-25-19-29(39(7,8)9)35(43)30(20-25)40(10,11)12/h19-24,43-44H,1-18H3. The van der Waals surface area contributed by atoms with Gasteiger partial charge in [0, 0.05) is 33.4 Å². The summed E-state index contributed by atoms with van der Waals surface area (Å²) in [5, 5.41) is 22.7. The van der Waals surface area contributed by atoms with Gasteiger partial charge < -0.3 is 19.7 Å². The summed E-state index contributed by atoms with van der Waals surface area (Å²) in [6.07, 6.45) is 0. The van der Waals surface area contributed by atoms with Gasteiger partial charge in [-0.05, 0) is 68.9 Å². The first-order chi connectivity index (χ1) is 20.4. The molecule has 3 aromatic carbocycles. The summed E-state index contributed by atoms with van der Waals surface area (Å²) in [5.74, 6) is 3.62. The first-order valence-corrected chi connectivity index (χ1v) is 16.7. The highest BCUT2D eigenvalue weighted by atomic mass is 16.5. The van der Waals surface area contributed by atoms with Gasteiger partial charge in [0.1, 0.15) is 34.5 Å². The van der Waals surface area contributed by atoms with Crippen molar-refractivity contribution in [3.63, 3.8) is 0 Å². The average molecular weight is 631 g/mol. The zero-order chi connectivity index (χ0) is 35.6. The van der Waals surface area contributed by atoms with Gasteiger partial charge >= 0.3 is 0 Å². The van der Waals surface area contributed by atoms with Gasteiger partial charge in [0.05, 0.1) is 0 Å². The van der Waals surface area contributed by atoms with E-state index in [1.165, 1.54) is 0 Å². The fraction of sp³-hybridized carbons (Fsp3) is 0.571. The fourth-order valence-electron chi connectivity index (χ4n) is 5.78. The zero-order valence-corrected chi connectivity index (χ0v) is 32.2. The molecule has 0 spiro atoms. The van der Waals surface area contributed by atoms with Crippen molar-refractivity contribution in [2.75, 3.05) is 0 Å². The van der Waals surface area contributed by atoms with E-state index < -0.39 is 0 Å². The van der Waals surface area contributed by atoms with Crippen molar-refractivity contribution in [3.05, 3.63) is 69.8 Å². The molecule has 46 heavy (non-hydrogen) atoms. The molecular formula is C42H62O4. The van der Waals surface area contributed by atoms with E-state index in [1.54, 1.807) is 0 Å². The molecule has 3 rings (SSSR count). The van der Waals surface area contributed by atoms with Crippen LogP contribution >= 0.6 is 0 Å². The number of rotatable bonds is 4. The molecule has 3 aromatic rings. The van der Waals surface area contributed by atoms with Crippen molar-refractivity contribution in [1.29, 1.82) is 0 Å². The Morgan fingerprint density at radius 1 is 0.326 bits per heavy atom. The summed E-state index contributed by atoms with van der Waals surface area (Å²) in [4.78, 5) is 0. The molecule has 254 valence electrons. The summed E-state index contributed by atoms with van der Waals surface area (Å²) in [5.41, 5.74) is 3.87. The Hall–Kier alpha value is -3.14. The molecule has 4 nitrogen and oxygen atoms in total. The monoisotopic (exact) mass is 630 g/mol. The Bertz CT molecular complexity index is 1390. The third kappa shape index (κ3) is 8.22. The average Bonchev–Trinajstić information content (AvgIpc) is 2.82. The minimum Gasteiger partial charge on any atom is -0.507 e. The third-order valence-corrected chi connectivity index (χ3v) is 8.55. The first kappa shape index (κ1) is 37.3. The molecule has 0 aromatic heterocycles. The van der Waals surface area contributed by atoms with Gasteiger partial charge in [-0.15, -0.1) is 0 Å². The predicted molar refractivity (Wildman–Crippen MR) is 195 cm³/mol. The summed E-state index contributed by atoms with van der Waals surface area (Å²) in [7, 11) is 0. The predicted octanol–water partition coefficient (Wildman–Crippen LogP) is 12.5. The van der Waals surface area contributed by atoms with Crippen LogP contribution in [0.1, 0.15) is 158 Å². The van der Waals surface area contributed by atoms with Crippen molar-refractivity contribution in [2.24, 2.45) is 0 Å². The molecular weight excluding hydrogens is 568 g/mol. The van der Waals surface area contributed by atoms with Crippen LogP contribution in [0.15, 0.2) is 36.4 Å². The molecule has 0 heterocycles. The van der Waals surface area contributed by atoms with Crippen molar-refractivity contribution in [1.82, 2.24) is 0 Å². The highest BCUT2D eigenvalue weighted by molar-refractivity contribution is 5.58. The SMILES string of the molecule is CC(C)(C)c1cc(Oc2cc(C(C)(C)C)c(O)c(C(C)(C)C)c2)c(C(C)(C)C)cc1Oc1cc(C(C)(C)C)c(O)c(C(C)(C)C)c1. The Balaban J connectivity index is 2.33. The van der Waals surface area contributed by atoms with E-state index in [1.807, 2.05) is 24.3 Å². The van der Waals surface area contributed by atoms with Crippen LogP contribution < -0.4 is 9.47 Å². The Labute approximate surface area is 280 Å². The molecule has 0 aliphatic heterocycles. The van der Waals surface area contributed by atoms with Crippen LogP contribution in [0.25, 0.3) is 0 Å². The number of aromatic hydroxyl groups is 2. The lowest BCUT2D eigenvalue weighted by molar-refractivity contribution is 0.405. The first-order valence-electron chi connectivity index (χ1n) is 16.7. The van der Waals surface area contributed by atoms with Gasteiger partial charge in [0.2, 0.25) is 0 Å². The summed E-state index contributed by atoms with van der Waals surface area (Å²) in [6, 6.07) is 12.2. The maximum absolute atomic E-state index is 11.3. The highest BCUT2D eigenvalue weighted by Crippen LogP contribution is 2.48. The van der Waals surface area contributed by atoms with Crippen LogP contribution in [-0.4, -0.2) is 10.2 Å². The Kier molecular flexibility index (Phi) is 9.60. The molecule has 0 aliphatic rings. The second-order valence-corrected chi connectivity index (χ2v) is 19.3. The lowest BCUT2D eigenvalue weighted by atomic mass is 9.79. The van der Waals surface area contributed by atoms with Crippen molar-refractivity contribution < 1.29 is 19.7 Å². The normalized spacial score (nSPS) is 13.6. The van der Waals surface area contributed by atoms with Crippen LogP contribution in [0.4, 0.5) is 0 Å². The third-order valence-electron chi connectivity index (χ3n) is 8.55. The lowest BCUT2D eigenvalue weighted by Crippen LogP contribution is -2.19. The Morgan fingerprint density at radius 2 is 0.522 bits per heavy atom. The molecule has 0 saturated heterocycles. The number of phenolic OH excluding ortho intramolecular Hbond substituents is 2. The van der Waals surface area contributed by atoms with E-state index in [4.69, 9.17) is 9.47 Å². The molecule has 0 radical (unpaired) electrons. The molecule has 0 bridgehead atoms. The van der Waals surface area contributed by atoms with Crippen molar-refractivity contribution in [3.8, 4) is 34.5 Å². The van der Waals surface area contributed by atoms with Gasteiger partial charge in [-0.1, -0.05) is 125 Å². The zero-order valence-electron chi connectivity index (χ0n) is 32.2. The van der Waals surface area contributed by atoms with Gasteiger partial charge in [-0.2, -0.15) is 0 Å². The smallest absolute Gasteiger partial charge is 0.131 e. The van der Waals surface area contributed by atoms with Crippen molar-refractivity contribution >= 4 is 0 Å². The minimum absolute atomic E-state index is 0.261. The van der Waals surface area contributed by atoms with Gasteiger partial charge in [0.25, 0.3) is 0 Å². The fourth-order valence-corrected chi connectivity index (χ4v) is 5.78. The van der Waals surface area contributed by atoms with Gasteiger partial charge in [0.15, 0.2) is 0 Å². The number of hydrogen-bond donors (Lipinski definition) is 2. The lowest BCUT2D eigenvalue weighted by Gasteiger charge is -2.31. The molecule has 0 saturated carbocycles. The quantitative estimate of drug-likeness (QED) is 0.301.